The van der Waals surface area contributed by atoms with Gasteiger partial charge in [-0.25, -0.2) is 0 Å². The van der Waals surface area contributed by atoms with E-state index in [1.165, 1.54) is 25.0 Å². The van der Waals surface area contributed by atoms with Crippen LogP contribution in [0.5, 0.6) is 0 Å². The topological polar surface area (TPSA) is 21.3 Å². The van der Waals surface area contributed by atoms with Crippen molar-refractivity contribution in [2.24, 2.45) is 11.8 Å². The number of rotatable bonds is 7. The molecule has 1 aliphatic carbocycles. The van der Waals surface area contributed by atoms with Gasteiger partial charge in [-0.1, -0.05) is 20.8 Å². The molecular weight excluding hydrogens is 230 g/mol. The molecule has 1 N–H and O–H groups in total. The van der Waals surface area contributed by atoms with Gasteiger partial charge in [0.25, 0.3) is 0 Å². The molecule has 3 heteroatoms. The van der Waals surface area contributed by atoms with Gasteiger partial charge in [-0.15, -0.1) is 0 Å². The van der Waals surface area contributed by atoms with Gasteiger partial charge in [0.15, 0.2) is 0 Å². The summed E-state index contributed by atoms with van der Waals surface area (Å²) in [6.07, 6.45) is 3.92. The first-order valence-corrected chi connectivity index (χ1v) is 8.07. The lowest BCUT2D eigenvalue weighted by atomic mass is 9.80. The van der Waals surface area contributed by atoms with Gasteiger partial charge < -0.3 is 10.1 Å². The lowest BCUT2D eigenvalue weighted by Gasteiger charge is -2.39. The van der Waals surface area contributed by atoms with E-state index >= 15 is 0 Å². The van der Waals surface area contributed by atoms with E-state index in [4.69, 9.17) is 4.74 Å². The molecule has 0 aromatic carbocycles. The molecule has 2 nitrogen and oxygen atoms in total. The van der Waals surface area contributed by atoms with Crippen molar-refractivity contribution in [3.05, 3.63) is 0 Å². The standard InChI is InChI=1S/C14H29NOS/c1-5-15-13-10-11(2)9-12(3)14(13)17-8-6-7-16-4/h11-15H,5-10H2,1-4H3. The number of hydrogen-bond acceptors (Lipinski definition) is 3. The maximum Gasteiger partial charge on any atom is 0.0470 e. The monoisotopic (exact) mass is 259 g/mol. The van der Waals surface area contributed by atoms with E-state index in [0.717, 1.165) is 30.2 Å². The summed E-state index contributed by atoms with van der Waals surface area (Å²) in [6.45, 7) is 9.03. The Morgan fingerprint density at radius 3 is 2.71 bits per heavy atom. The highest BCUT2D eigenvalue weighted by Crippen LogP contribution is 2.36. The summed E-state index contributed by atoms with van der Waals surface area (Å²) in [5.74, 6) is 2.96. The molecule has 0 aromatic rings. The zero-order valence-electron chi connectivity index (χ0n) is 11.9. The molecule has 0 spiro atoms. The minimum atomic E-state index is 0.714. The zero-order chi connectivity index (χ0) is 12.7. The third-order valence-corrected chi connectivity index (χ3v) is 5.36. The third kappa shape index (κ3) is 5.19. The Bertz CT molecular complexity index is 201. The molecule has 1 saturated carbocycles. The summed E-state index contributed by atoms with van der Waals surface area (Å²) in [7, 11) is 1.79. The Balaban J connectivity index is 2.40. The second-order valence-corrected chi connectivity index (χ2v) is 6.69. The summed E-state index contributed by atoms with van der Waals surface area (Å²) in [4.78, 5) is 0. The Morgan fingerprint density at radius 2 is 2.06 bits per heavy atom. The average Bonchev–Trinajstić information content (AvgIpc) is 2.27. The van der Waals surface area contributed by atoms with Crippen molar-refractivity contribution in [1.82, 2.24) is 5.32 Å². The highest BCUT2D eigenvalue weighted by atomic mass is 32.2. The largest absolute Gasteiger partial charge is 0.385 e. The predicted molar refractivity (Wildman–Crippen MR) is 77.8 cm³/mol. The van der Waals surface area contributed by atoms with Crippen LogP contribution in [0.15, 0.2) is 0 Å². The minimum absolute atomic E-state index is 0.714. The van der Waals surface area contributed by atoms with Crippen LogP contribution in [0.4, 0.5) is 0 Å². The molecule has 0 bridgehead atoms. The number of nitrogens with one attached hydrogen (secondary N) is 1. The molecule has 1 rings (SSSR count). The van der Waals surface area contributed by atoms with Gasteiger partial charge in [0, 0.05) is 25.0 Å². The molecule has 17 heavy (non-hydrogen) atoms. The second kappa shape index (κ2) is 8.39. The van der Waals surface area contributed by atoms with Crippen LogP contribution in [0.2, 0.25) is 0 Å². The molecule has 0 amide bonds. The van der Waals surface area contributed by atoms with Crippen molar-refractivity contribution < 1.29 is 4.74 Å². The predicted octanol–water partition coefficient (Wildman–Crippen LogP) is 3.17. The molecule has 102 valence electrons. The van der Waals surface area contributed by atoms with Crippen LogP contribution in [0.3, 0.4) is 0 Å². The maximum absolute atomic E-state index is 5.12. The summed E-state index contributed by atoms with van der Waals surface area (Å²) in [6, 6.07) is 0.714. The van der Waals surface area contributed by atoms with Crippen LogP contribution in [-0.4, -0.2) is 37.3 Å². The number of ether oxygens (including phenoxy) is 1. The smallest absolute Gasteiger partial charge is 0.0470 e. The van der Waals surface area contributed by atoms with Gasteiger partial charge in [-0.05, 0) is 43.4 Å². The van der Waals surface area contributed by atoms with E-state index in [9.17, 15) is 0 Å². The van der Waals surface area contributed by atoms with Crippen molar-refractivity contribution in [3.63, 3.8) is 0 Å². The van der Waals surface area contributed by atoms with E-state index in [1.54, 1.807) is 7.11 Å². The summed E-state index contributed by atoms with van der Waals surface area (Å²) < 4.78 is 5.12. The van der Waals surface area contributed by atoms with E-state index in [0.29, 0.717) is 6.04 Å². The Hall–Kier alpha value is 0.270. The van der Waals surface area contributed by atoms with Crippen LogP contribution in [0.25, 0.3) is 0 Å². The molecule has 0 aromatic heterocycles. The van der Waals surface area contributed by atoms with Crippen LogP contribution in [0.1, 0.15) is 40.0 Å². The van der Waals surface area contributed by atoms with Gasteiger partial charge in [0.1, 0.15) is 0 Å². The lowest BCUT2D eigenvalue weighted by Crippen LogP contribution is -2.46. The Kier molecular flexibility index (Phi) is 7.56. The maximum atomic E-state index is 5.12. The molecule has 0 saturated heterocycles. The van der Waals surface area contributed by atoms with Crippen molar-refractivity contribution in [2.45, 2.75) is 51.3 Å². The average molecular weight is 259 g/mol. The summed E-state index contributed by atoms with van der Waals surface area (Å²) >= 11 is 2.15. The quantitative estimate of drug-likeness (QED) is 0.710. The normalized spacial score (nSPS) is 33.9. The number of hydrogen-bond donors (Lipinski definition) is 1. The minimum Gasteiger partial charge on any atom is -0.385 e. The van der Waals surface area contributed by atoms with E-state index in [-0.39, 0.29) is 0 Å². The summed E-state index contributed by atoms with van der Waals surface area (Å²) in [5.41, 5.74) is 0. The van der Waals surface area contributed by atoms with E-state index < -0.39 is 0 Å². The Morgan fingerprint density at radius 1 is 1.29 bits per heavy atom. The molecular formula is C14H29NOS. The second-order valence-electron chi connectivity index (χ2n) is 5.40. The van der Waals surface area contributed by atoms with Gasteiger partial charge in [0.2, 0.25) is 0 Å². The first-order chi connectivity index (χ1) is 8.19. The molecule has 0 aliphatic heterocycles. The highest BCUT2D eigenvalue weighted by Gasteiger charge is 2.33. The molecule has 1 fully saturated rings. The SMILES string of the molecule is CCNC1CC(C)CC(C)C1SCCCOC. The number of thioether (sulfide) groups is 1. The molecule has 4 atom stereocenters. The zero-order valence-corrected chi connectivity index (χ0v) is 12.7. The summed E-state index contributed by atoms with van der Waals surface area (Å²) in [5, 5.41) is 4.48. The van der Waals surface area contributed by atoms with Crippen LogP contribution in [-0.2, 0) is 4.74 Å². The molecule has 0 radical (unpaired) electrons. The van der Waals surface area contributed by atoms with Crippen LogP contribution < -0.4 is 5.32 Å². The van der Waals surface area contributed by atoms with Gasteiger partial charge in [0.05, 0.1) is 0 Å². The van der Waals surface area contributed by atoms with Crippen molar-refractivity contribution in [3.8, 4) is 0 Å². The molecule has 0 heterocycles. The van der Waals surface area contributed by atoms with Crippen LogP contribution >= 0.6 is 11.8 Å². The highest BCUT2D eigenvalue weighted by molar-refractivity contribution is 7.99. The van der Waals surface area contributed by atoms with Gasteiger partial charge in [-0.2, -0.15) is 11.8 Å². The Labute approximate surface area is 111 Å². The third-order valence-electron chi connectivity index (χ3n) is 3.66. The van der Waals surface area contributed by atoms with Gasteiger partial charge >= 0.3 is 0 Å². The van der Waals surface area contributed by atoms with Crippen molar-refractivity contribution in [1.29, 1.82) is 0 Å². The van der Waals surface area contributed by atoms with Crippen LogP contribution in [0, 0.1) is 11.8 Å². The molecule has 4 unspecified atom stereocenters. The van der Waals surface area contributed by atoms with Crippen molar-refractivity contribution in [2.75, 3.05) is 26.0 Å². The van der Waals surface area contributed by atoms with Gasteiger partial charge in [-0.3, -0.25) is 0 Å². The van der Waals surface area contributed by atoms with Crippen molar-refractivity contribution >= 4 is 11.8 Å². The lowest BCUT2D eigenvalue weighted by molar-refractivity contribution is 0.200. The van der Waals surface area contributed by atoms with E-state index in [2.05, 4.69) is 37.8 Å². The number of methoxy groups -OCH3 is 1. The fraction of sp³-hybridized carbons (Fsp3) is 1.00. The van der Waals surface area contributed by atoms with E-state index in [1.807, 2.05) is 0 Å². The molecule has 1 aliphatic rings. The fourth-order valence-electron chi connectivity index (χ4n) is 2.99. The fourth-order valence-corrected chi connectivity index (χ4v) is 4.43. The first kappa shape index (κ1) is 15.3. The first-order valence-electron chi connectivity index (χ1n) is 7.02.